The summed E-state index contributed by atoms with van der Waals surface area (Å²) in [4.78, 5) is 33.6. The van der Waals surface area contributed by atoms with Crippen LogP contribution in [0.1, 0.15) is 32.1 Å². The number of carbonyl (C=O) groups is 2. The predicted octanol–water partition coefficient (Wildman–Crippen LogP) is 2.51. The molecule has 3 unspecified atom stereocenters. The highest BCUT2D eigenvalue weighted by Gasteiger charge is 2.38. The quantitative estimate of drug-likeness (QED) is 0.443. The van der Waals surface area contributed by atoms with Crippen LogP contribution in [0.4, 0.5) is 0 Å². The summed E-state index contributed by atoms with van der Waals surface area (Å²) in [5, 5.41) is -0.361. The Bertz CT molecular complexity index is 1470. The maximum atomic E-state index is 13.3. The minimum atomic E-state index is -3.93. The summed E-state index contributed by atoms with van der Waals surface area (Å²) < 4.78 is 53.4. The standard InChI is InChI=1S/C25H33ClN4O6S4/c1-39(33,34)18-10-13-28(15-18)14-17-4-2-12-30(17)23(31)16-29-11-3-5-19(25(29)32)27-40(35,36)24-9-7-21(38-24)20-6-8-22(26)37-20/h6-9,17-19,27H,2-5,10-16H2,1H3. The molecule has 0 spiro atoms. The van der Waals surface area contributed by atoms with E-state index in [0.29, 0.717) is 56.3 Å². The minimum absolute atomic E-state index is 0.0220. The van der Waals surface area contributed by atoms with Crippen LogP contribution in [0.2, 0.25) is 4.34 Å². The lowest BCUT2D eigenvalue weighted by Gasteiger charge is -2.34. The third kappa shape index (κ3) is 6.74. The summed E-state index contributed by atoms with van der Waals surface area (Å²) in [6.45, 7) is 2.69. The highest BCUT2D eigenvalue weighted by molar-refractivity contribution is 7.91. The maximum absolute atomic E-state index is 13.3. The van der Waals surface area contributed by atoms with Gasteiger partial charge in [0, 0.05) is 48.2 Å². The van der Waals surface area contributed by atoms with Crippen LogP contribution >= 0.6 is 34.3 Å². The lowest BCUT2D eigenvalue weighted by atomic mass is 10.1. The Labute approximate surface area is 248 Å². The zero-order chi connectivity index (χ0) is 28.7. The van der Waals surface area contributed by atoms with Gasteiger partial charge in [-0.15, -0.1) is 22.7 Å². The number of hydrogen-bond acceptors (Lipinski definition) is 9. The van der Waals surface area contributed by atoms with Crippen LogP contribution in [-0.2, 0) is 29.4 Å². The number of piperidine rings is 1. The molecule has 15 heteroatoms. The summed E-state index contributed by atoms with van der Waals surface area (Å²) in [7, 11) is -7.02. The van der Waals surface area contributed by atoms with Gasteiger partial charge in [0.25, 0.3) is 10.0 Å². The highest BCUT2D eigenvalue weighted by atomic mass is 35.5. The molecule has 5 rings (SSSR count). The SMILES string of the molecule is CS(=O)(=O)C1CCN(CC2CCCN2C(=O)CN2CCCC(NS(=O)(=O)c3ccc(-c4ccc(Cl)s4)s3)C2=O)C1. The zero-order valence-electron chi connectivity index (χ0n) is 22.1. The molecule has 0 aliphatic carbocycles. The molecule has 1 N–H and O–H groups in total. The number of sulfone groups is 1. The molecule has 0 bridgehead atoms. The van der Waals surface area contributed by atoms with Gasteiger partial charge in [-0.1, -0.05) is 11.6 Å². The van der Waals surface area contributed by atoms with Gasteiger partial charge < -0.3 is 9.80 Å². The number of hydrogen-bond donors (Lipinski definition) is 1. The van der Waals surface area contributed by atoms with E-state index >= 15 is 0 Å². The van der Waals surface area contributed by atoms with Gasteiger partial charge in [-0.25, -0.2) is 16.8 Å². The van der Waals surface area contributed by atoms with Crippen LogP contribution in [0.3, 0.4) is 0 Å². The van der Waals surface area contributed by atoms with E-state index < -0.39 is 31.8 Å². The third-order valence-electron chi connectivity index (χ3n) is 7.82. The Morgan fingerprint density at radius 3 is 2.42 bits per heavy atom. The third-order valence-corrected chi connectivity index (χ3v) is 13.9. The minimum Gasteiger partial charge on any atom is -0.337 e. The molecular formula is C25H33ClN4O6S4. The summed E-state index contributed by atoms with van der Waals surface area (Å²) in [6, 6.07) is 5.90. The number of thiophene rings is 2. The summed E-state index contributed by atoms with van der Waals surface area (Å²) in [6.07, 6.45) is 4.52. The number of rotatable bonds is 9. The maximum Gasteiger partial charge on any atom is 0.250 e. The van der Waals surface area contributed by atoms with Gasteiger partial charge >= 0.3 is 0 Å². The van der Waals surface area contributed by atoms with Crippen molar-refractivity contribution in [2.24, 2.45) is 0 Å². The van der Waals surface area contributed by atoms with Crippen LogP contribution in [0, 0.1) is 0 Å². The van der Waals surface area contributed by atoms with Crippen molar-refractivity contribution in [2.45, 2.75) is 53.6 Å². The normalized spacial score (nSPS) is 24.8. The Hall–Kier alpha value is -1.55. The van der Waals surface area contributed by atoms with E-state index in [2.05, 4.69) is 9.62 Å². The first-order chi connectivity index (χ1) is 18.9. The Morgan fingerprint density at radius 2 is 1.73 bits per heavy atom. The number of halogens is 1. The van der Waals surface area contributed by atoms with Crippen molar-refractivity contribution < 1.29 is 26.4 Å². The highest BCUT2D eigenvalue weighted by Crippen LogP contribution is 2.37. The van der Waals surface area contributed by atoms with E-state index in [4.69, 9.17) is 11.6 Å². The molecule has 2 amide bonds. The van der Waals surface area contributed by atoms with Crippen LogP contribution in [0.5, 0.6) is 0 Å². The van der Waals surface area contributed by atoms with Crippen molar-refractivity contribution in [1.82, 2.24) is 19.4 Å². The number of nitrogens with zero attached hydrogens (tertiary/aromatic N) is 3. The Balaban J connectivity index is 1.18. The van der Waals surface area contributed by atoms with E-state index in [-0.39, 0.29) is 28.0 Å². The van der Waals surface area contributed by atoms with Gasteiger partial charge in [-0.3, -0.25) is 14.5 Å². The van der Waals surface area contributed by atoms with Crippen molar-refractivity contribution in [3.8, 4) is 9.75 Å². The fraction of sp³-hybridized carbons (Fsp3) is 0.600. The van der Waals surface area contributed by atoms with Crippen molar-refractivity contribution in [1.29, 1.82) is 0 Å². The van der Waals surface area contributed by atoms with Crippen molar-refractivity contribution >= 4 is 65.9 Å². The topological polar surface area (TPSA) is 124 Å². The van der Waals surface area contributed by atoms with E-state index in [1.807, 2.05) is 6.07 Å². The van der Waals surface area contributed by atoms with Crippen molar-refractivity contribution in [2.75, 3.05) is 45.5 Å². The lowest BCUT2D eigenvalue weighted by molar-refractivity contribution is -0.143. The molecule has 2 aromatic rings. The second kappa shape index (κ2) is 12.0. The van der Waals surface area contributed by atoms with E-state index in [1.54, 1.807) is 17.0 Å². The van der Waals surface area contributed by atoms with Crippen LogP contribution in [0.15, 0.2) is 28.5 Å². The summed E-state index contributed by atoms with van der Waals surface area (Å²) >= 11 is 8.49. The monoisotopic (exact) mass is 648 g/mol. The second-order valence-electron chi connectivity index (χ2n) is 10.7. The molecule has 3 aliphatic heterocycles. The van der Waals surface area contributed by atoms with Gasteiger partial charge in [-0.05, 0) is 62.9 Å². The summed E-state index contributed by atoms with van der Waals surface area (Å²) in [5.74, 6) is -0.549. The average molecular weight is 649 g/mol. The first-order valence-corrected chi connectivity index (χ1v) is 18.7. The van der Waals surface area contributed by atoms with E-state index in [0.717, 1.165) is 33.9 Å². The fourth-order valence-electron chi connectivity index (χ4n) is 5.71. The summed E-state index contributed by atoms with van der Waals surface area (Å²) in [5.41, 5.74) is 0. The number of likely N-dealkylation sites (tertiary alicyclic amines) is 3. The number of carbonyl (C=O) groups excluding carboxylic acids is 2. The molecule has 2 aromatic heterocycles. The molecule has 0 saturated carbocycles. The van der Waals surface area contributed by atoms with E-state index in [9.17, 15) is 26.4 Å². The van der Waals surface area contributed by atoms with Gasteiger partial charge in [0.2, 0.25) is 11.8 Å². The number of amides is 2. The Kier molecular flexibility index (Phi) is 8.96. The lowest BCUT2D eigenvalue weighted by Crippen LogP contribution is -2.55. The van der Waals surface area contributed by atoms with Gasteiger partial charge in [0.15, 0.2) is 9.84 Å². The van der Waals surface area contributed by atoms with Crippen LogP contribution < -0.4 is 4.72 Å². The molecule has 40 heavy (non-hydrogen) atoms. The number of sulfonamides is 1. The first kappa shape index (κ1) is 29.9. The average Bonchev–Trinajstić information content (AvgIpc) is 3.68. The van der Waals surface area contributed by atoms with Crippen molar-refractivity contribution in [3.05, 3.63) is 28.6 Å². The Morgan fingerprint density at radius 1 is 1.00 bits per heavy atom. The number of nitrogens with one attached hydrogen (secondary N) is 1. The fourth-order valence-corrected chi connectivity index (χ4v) is 10.4. The molecule has 10 nitrogen and oxygen atoms in total. The smallest absolute Gasteiger partial charge is 0.250 e. The second-order valence-corrected chi connectivity index (χ2v) is 17.7. The molecule has 220 valence electrons. The van der Waals surface area contributed by atoms with Gasteiger partial charge in [0.05, 0.1) is 16.1 Å². The van der Waals surface area contributed by atoms with Gasteiger partial charge in [-0.2, -0.15) is 4.72 Å². The molecule has 0 aromatic carbocycles. The predicted molar refractivity (Wildman–Crippen MR) is 157 cm³/mol. The van der Waals surface area contributed by atoms with Crippen LogP contribution in [0.25, 0.3) is 9.75 Å². The van der Waals surface area contributed by atoms with Crippen LogP contribution in [-0.4, -0.2) is 106 Å². The molecule has 3 saturated heterocycles. The van der Waals surface area contributed by atoms with Crippen molar-refractivity contribution in [3.63, 3.8) is 0 Å². The molecular weight excluding hydrogens is 616 g/mol. The zero-order valence-corrected chi connectivity index (χ0v) is 26.1. The molecule has 5 heterocycles. The largest absolute Gasteiger partial charge is 0.337 e. The molecule has 3 fully saturated rings. The molecule has 3 atom stereocenters. The van der Waals surface area contributed by atoms with Gasteiger partial charge in [0.1, 0.15) is 10.3 Å². The molecule has 3 aliphatic rings. The first-order valence-electron chi connectivity index (χ1n) is 13.3. The van der Waals surface area contributed by atoms with E-state index in [1.165, 1.54) is 28.6 Å². The molecule has 0 radical (unpaired) electrons.